The number of rotatable bonds is 3. The van der Waals surface area contributed by atoms with Crippen LogP contribution in [0.5, 0.6) is 0 Å². The van der Waals surface area contributed by atoms with E-state index in [9.17, 15) is 9.59 Å². The minimum atomic E-state index is -0.195. The lowest BCUT2D eigenvalue weighted by Crippen LogP contribution is -2.47. The zero-order valence-corrected chi connectivity index (χ0v) is 16.2. The lowest BCUT2D eigenvalue weighted by molar-refractivity contribution is -0.120. The molecule has 6 heteroatoms. The summed E-state index contributed by atoms with van der Waals surface area (Å²) >= 11 is 0. The molecule has 2 aliphatic rings. The summed E-state index contributed by atoms with van der Waals surface area (Å²) in [7, 11) is 0. The van der Waals surface area contributed by atoms with E-state index in [1.807, 2.05) is 24.3 Å². The van der Waals surface area contributed by atoms with Crippen LogP contribution in [0, 0.1) is 0 Å². The van der Waals surface area contributed by atoms with Crippen LogP contribution in [0.2, 0.25) is 0 Å². The molecule has 0 radical (unpaired) electrons. The summed E-state index contributed by atoms with van der Waals surface area (Å²) < 4.78 is 0. The van der Waals surface area contributed by atoms with Crippen molar-refractivity contribution in [2.75, 3.05) is 13.1 Å². The molecule has 0 fully saturated rings. The SMILES string of the molecule is O=C(CNC(=O)N1CCc2c([nH]c3ccccc23)C1)NC1Cc2ccccc2C1. The van der Waals surface area contributed by atoms with Gasteiger partial charge in [-0.25, -0.2) is 4.79 Å². The quantitative estimate of drug-likeness (QED) is 0.645. The van der Waals surface area contributed by atoms with Crippen molar-refractivity contribution in [1.29, 1.82) is 0 Å². The molecule has 29 heavy (non-hydrogen) atoms. The topological polar surface area (TPSA) is 77.2 Å². The Hall–Kier alpha value is -3.28. The number of aromatic nitrogens is 1. The highest BCUT2D eigenvalue weighted by atomic mass is 16.2. The Labute approximate surface area is 169 Å². The van der Waals surface area contributed by atoms with E-state index in [-0.39, 0.29) is 24.5 Å². The summed E-state index contributed by atoms with van der Waals surface area (Å²) in [6.07, 6.45) is 2.52. The third kappa shape index (κ3) is 3.46. The van der Waals surface area contributed by atoms with E-state index in [4.69, 9.17) is 0 Å². The first kappa shape index (κ1) is 17.8. The molecule has 1 aromatic heterocycles. The summed E-state index contributed by atoms with van der Waals surface area (Å²) in [6, 6.07) is 16.4. The molecular formula is C23H24N4O2. The Kier molecular flexibility index (Phi) is 4.46. The summed E-state index contributed by atoms with van der Waals surface area (Å²) in [4.78, 5) is 30.0. The number of nitrogens with one attached hydrogen (secondary N) is 3. The van der Waals surface area contributed by atoms with E-state index in [1.165, 1.54) is 22.1 Å². The average molecular weight is 388 g/mol. The van der Waals surface area contributed by atoms with Gasteiger partial charge in [-0.05, 0) is 42.0 Å². The van der Waals surface area contributed by atoms with Crippen molar-refractivity contribution in [2.45, 2.75) is 31.8 Å². The second-order valence-corrected chi connectivity index (χ2v) is 7.90. The number of amides is 3. The first-order valence-electron chi connectivity index (χ1n) is 10.1. The number of carbonyl (C=O) groups is 2. The van der Waals surface area contributed by atoms with E-state index in [0.717, 1.165) is 30.5 Å². The fourth-order valence-electron chi connectivity index (χ4n) is 4.57. The Morgan fingerprint density at radius 1 is 1.03 bits per heavy atom. The van der Waals surface area contributed by atoms with Crippen molar-refractivity contribution in [1.82, 2.24) is 20.5 Å². The first-order chi connectivity index (χ1) is 14.2. The molecule has 3 aromatic rings. The lowest BCUT2D eigenvalue weighted by Gasteiger charge is -2.27. The molecule has 0 spiro atoms. The molecule has 2 heterocycles. The van der Waals surface area contributed by atoms with Crippen LogP contribution in [0.25, 0.3) is 10.9 Å². The van der Waals surface area contributed by atoms with Gasteiger partial charge in [0.25, 0.3) is 0 Å². The zero-order valence-electron chi connectivity index (χ0n) is 16.2. The van der Waals surface area contributed by atoms with Crippen molar-refractivity contribution in [2.24, 2.45) is 0 Å². The lowest BCUT2D eigenvalue weighted by atomic mass is 10.0. The van der Waals surface area contributed by atoms with E-state index < -0.39 is 0 Å². The Morgan fingerprint density at radius 2 is 1.76 bits per heavy atom. The molecular weight excluding hydrogens is 364 g/mol. The molecule has 148 valence electrons. The fourth-order valence-corrected chi connectivity index (χ4v) is 4.57. The van der Waals surface area contributed by atoms with Crippen LogP contribution < -0.4 is 10.6 Å². The molecule has 0 bridgehead atoms. The van der Waals surface area contributed by atoms with Gasteiger partial charge in [-0.2, -0.15) is 0 Å². The third-order valence-electron chi connectivity index (χ3n) is 5.99. The molecule has 1 aliphatic carbocycles. The number of hydrogen-bond donors (Lipinski definition) is 3. The van der Waals surface area contributed by atoms with Crippen LogP contribution in [-0.2, 0) is 30.6 Å². The summed E-state index contributed by atoms with van der Waals surface area (Å²) in [5.41, 5.74) is 6.08. The maximum atomic E-state index is 12.6. The summed E-state index contributed by atoms with van der Waals surface area (Å²) in [5, 5.41) is 7.05. The van der Waals surface area contributed by atoms with Crippen LogP contribution in [-0.4, -0.2) is 41.0 Å². The predicted octanol–water partition coefficient (Wildman–Crippen LogP) is 2.52. The molecule has 0 saturated heterocycles. The second-order valence-electron chi connectivity index (χ2n) is 7.90. The van der Waals surface area contributed by atoms with Crippen molar-refractivity contribution < 1.29 is 9.59 Å². The molecule has 0 atom stereocenters. The number of H-pyrrole nitrogens is 1. The monoisotopic (exact) mass is 388 g/mol. The van der Waals surface area contributed by atoms with E-state index in [1.54, 1.807) is 4.90 Å². The Morgan fingerprint density at radius 3 is 2.55 bits per heavy atom. The number of nitrogens with zero attached hydrogens (tertiary/aromatic N) is 1. The van der Waals surface area contributed by atoms with E-state index in [0.29, 0.717) is 13.1 Å². The van der Waals surface area contributed by atoms with Gasteiger partial charge in [0.1, 0.15) is 0 Å². The third-order valence-corrected chi connectivity index (χ3v) is 5.99. The highest BCUT2D eigenvalue weighted by Crippen LogP contribution is 2.27. The number of fused-ring (bicyclic) bond motifs is 4. The number of para-hydroxylation sites is 1. The average Bonchev–Trinajstić information content (AvgIpc) is 3.31. The van der Waals surface area contributed by atoms with Gasteiger partial charge in [0, 0.05) is 29.2 Å². The van der Waals surface area contributed by atoms with E-state index >= 15 is 0 Å². The first-order valence-corrected chi connectivity index (χ1v) is 10.1. The van der Waals surface area contributed by atoms with Gasteiger partial charge in [-0.15, -0.1) is 0 Å². The fraction of sp³-hybridized carbons (Fsp3) is 0.304. The molecule has 3 N–H and O–H groups in total. The van der Waals surface area contributed by atoms with Gasteiger partial charge < -0.3 is 20.5 Å². The summed E-state index contributed by atoms with van der Waals surface area (Å²) in [5.74, 6) is -0.139. The van der Waals surface area contributed by atoms with Crippen LogP contribution in [0.3, 0.4) is 0 Å². The van der Waals surface area contributed by atoms with Crippen molar-refractivity contribution in [3.05, 3.63) is 70.9 Å². The smallest absolute Gasteiger partial charge is 0.318 e. The maximum absolute atomic E-state index is 12.6. The standard InChI is InChI=1S/C23H24N4O2/c28-22(25-17-11-15-5-1-2-6-16(15)12-17)13-24-23(29)27-10-9-19-18-7-3-4-8-20(18)26-21(19)14-27/h1-8,17,26H,9-14H2,(H,24,29)(H,25,28). The van der Waals surface area contributed by atoms with Crippen LogP contribution in [0.15, 0.2) is 48.5 Å². The van der Waals surface area contributed by atoms with Gasteiger partial charge in [0.2, 0.25) is 5.91 Å². The zero-order chi connectivity index (χ0) is 19.8. The van der Waals surface area contributed by atoms with Gasteiger partial charge in [0.15, 0.2) is 0 Å². The number of aromatic amines is 1. The Bertz CT molecular complexity index is 1060. The second kappa shape index (κ2) is 7.28. The largest absolute Gasteiger partial charge is 0.357 e. The van der Waals surface area contributed by atoms with Crippen molar-refractivity contribution in [3.63, 3.8) is 0 Å². The van der Waals surface area contributed by atoms with Gasteiger partial charge in [0.05, 0.1) is 13.1 Å². The minimum absolute atomic E-state index is 0.00172. The van der Waals surface area contributed by atoms with E-state index in [2.05, 4.69) is 39.9 Å². The molecule has 1 aliphatic heterocycles. The molecule has 2 aromatic carbocycles. The number of urea groups is 1. The Balaban J connectivity index is 1.14. The number of hydrogen-bond acceptors (Lipinski definition) is 2. The van der Waals surface area contributed by atoms with Crippen LogP contribution in [0.1, 0.15) is 22.4 Å². The van der Waals surface area contributed by atoms with Gasteiger partial charge in [-0.1, -0.05) is 42.5 Å². The number of benzene rings is 2. The summed E-state index contributed by atoms with van der Waals surface area (Å²) in [6.45, 7) is 1.19. The normalized spacial score (nSPS) is 15.8. The minimum Gasteiger partial charge on any atom is -0.357 e. The number of carbonyl (C=O) groups excluding carboxylic acids is 2. The highest BCUT2D eigenvalue weighted by molar-refractivity contribution is 5.86. The van der Waals surface area contributed by atoms with Gasteiger partial charge >= 0.3 is 6.03 Å². The molecule has 0 unspecified atom stereocenters. The van der Waals surface area contributed by atoms with Crippen LogP contribution >= 0.6 is 0 Å². The molecule has 0 saturated carbocycles. The molecule has 5 rings (SSSR count). The highest BCUT2D eigenvalue weighted by Gasteiger charge is 2.25. The molecule has 3 amide bonds. The molecule has 6 nitrogen and oxygen atoms in total. The van der Waals surface area contributed by atoms with Crippen molar-refractivity contribution in [3.8, 4) is 0 Å². The maximum Gasteiger partial charge on any atom is 0.318 e. The predicted molar refractivity (Wildman–Crippen MR) is 112 cm³/mol. The van der Waals surface area contributed by atoms with Crippen LogP contribution in [0.4, 0.5) is 4.79 Å². The van der Waals surface area contributed by atoms with Gasteiger partial charge in [-0.3, -0.25) is 4.79 Å². The van der Waals surface area contributed by atoms with Crippen molar-refractivity contribution >= 4 is 22.8 Å².